The minimum Gasteiger partial charge on any atom is -0.457 e. The predicted octanol–water partition coefficient (Wildman–Crippen LogP) is 10.4. The maximum atomic E-state index is 12.1. The van der Waals surface area contributed by atoms with Gasteiger partial charge in [0, 0.05) is 13.0 Å². The Hall–Kier alpha value is -1.65. The third-order valence-corrected chi connectivity index (χ3v) is 6.92. The zero-order chi connectivity index (χ0) is 29.2. The minimum absolute atomic E-state index is 0.178. The lowest BCUT2D eigenvalue weighted by Crippen LogP contribution is -2.27. The molecule has 0 aliphatic carbocycles. The fraction of sp³-hybridized carbons (Fsp3) is 0.750. The van der Waals surface area contributed by atoms with Crippen molar-refractivity contribution >= 4 is 5.97 Å². The van der Waals surface area contributed by atoms with Crippen molar-refractivity contribution in [2.24, 2.45) is 0 Å². The lowest BCUT2D eigenvalue weighted by Gasteiger charge is -2.15. The molecule has 4 heteroatoms. The molecule has 1 unspecified atom stereocenters. The van der Waals surface area contributed by atoms with Crippen LogP contribution in [-0.4, -0.2) is 37.0 Å². The van der Waals surface area contributed by atoms with Crippen LogP contribution in [0.25, 0.3) is 0 Å². The van der Waals surface area contributed by atoms with Crippen LogP contribution in [0.5, 0.6) is 0 Å². The molecule has 0 aliphatic rings. The SMILES string of the molecule is CC/C=C\C/C=C\C/C=C\C/C=C\CCCCCCCCC(=O)OC(CO)COCCCCCCCCCCC. The first-order valence-electron chi connectivity index (χ1n) is 16.7. The molecule has 0 spiro atoms. The van der Waals surface area contributed by atoms with Crippen LogP contribution in [0.4, 0.5) is 0 Å². The maximum absolute atomic E-state index is 12.1. The third-order valence-electron chi connectivity index (χ3n) is 6.92. The molecule has 232 valence electrons. The number of rotatable bonds is 30. The standard InChI is InChI=1S/C36H64O4/c1-3-5-7-9-11-13-14-15-16-17-18-19-20-21-22-23-25-27-29-31-36(38)40-35(33-37)34-39-32-30-28-26-24-12-10-8-6-4-2/h5,7,11,13,15-16,18-19,35,37H,3-4,6,8-10,12,14,17,20-34H2,1-2H3/b7-5-,13-11-,16-15-,19-18-. The van der Waals surface area contributed by atoms with Gasteiger partial charge in [-0.3, -0.25) is 4.79 Å². The second kappa shape index (κ2) is 33.6. The van der Waals surface area contributed by atoms with E-state index in [1.54, 1.807) is 0 Å². The van der Waals surface area contributed by atoms with E-state index in [9.17, 15) is 9.90 Å². The van der Waals surface area contributed by atoms with E-state index in [1.807, 2.05) is 0 Å². The number of aliphatic hydroxyl groups is 1. The van der Waals surface area contributed by atoms with Gasteiger partial charge in [-0.15, -0.1) is 0 Å². The summed E-state index contributed by atoms with van der Waals surface area (Å²) in [6.07, 6.45) is 41.4. The second-order valence-electron chi connectivity index (χ2n) is 10.9. The van der Waals surface area contributed by atoms with Gasteiger partial charge in [-0.1, -0.05) is 140 Å². The number of unbranched alkanes of at least 4 members (excludes halogenated alkanes) is 14. The highest BCUT2D eigenvalue weighted by molar-refractivity contribution is 5.69. The monoisotopic (exact) mass is 560 g/mol. The number of esters is 1. The maximum Gasteiger partial charge on any atom is 0.306 e. The fourth-order valence-corrected chi connectivity index (χ4v) is 4.43. The molecule has 0 heterocycles. The molecule has 0 fully saturated rings. The quantitative estimate of drug-likeness (QED) is 0.0539. The van der Waals surface area contributed by atoms with Gasteiger partial charge in [0.25, 0.3) is 0 Å². The Kier molecular flexibility index (Phi) is 32.2. The predicted molar refractivity (Wildman–Crippen MR) is 173 cm³/mol. The number of ether oxygens (including phenoxy) is 2. The van der Waals surface area contributed by atoms with Crippen LogP contribution in [0, 0.1) is 0 Å². The highest BCUT2D eigenvalue weighted by Gasteiger charge is 2.13. The number of carbonyl (C=O) groups excluding carboxylic acids is 1. The average molecular weight is 561 g/mol. The summed E-state index contributed by atoms with van der Waals surface area (Å²) >= 11 is 0. The van der Waals surface area contributed by atoms with Gasteiger partial charge in [-0.05, 0) is 51.4 Å². The van der Waals surface area contributed by atoms with Crippen molar-refractivity contribution in [3.8, 4) is 0 Å². The van der Waals surface area contributed by atoms with E-state index in [0.29, 0.717) is 19.6 Å². The number of allylic oxidation sites excluding steroid dienone is 8. The topological polar surface area (TPSA) is 55.8 Å². The second-order valence-corrected chi connectivity index (χ2v) is 10.9. The third kappa shape index (κ3) is 30.9. The van der Waals surface area contributed by atoms with Crippen LogP contribution in [0.2, 0.25) is 0 Å². The van der Waals surface area contributed by atoms with Crippen molar-refractivity contribution in [3.63, 3.8) is 0 Å². The van der Waals surface area contributed by atoms with E-state index < -0.39 is 6.10 Å². The Morgan fingerprint density at radius 1 is 0.625 bits per heavy atom. The molecule has 0 radical (unpaired) electrons. The first-order chi connectivity index (χ1) is 19.7. The van der Waals surface area contributed by atoms with Crippen LogP contribution in [-0.2, 0) is 14.3 Å². The van der Waals surface area contributed by atoms with Crippen LogP contribution >= 0.6 is 0 Å². The molecule has 0 aromatic carbocycles. The molecule has 1 atom stereocenters. The largest absolute Gasteiger partial charge is 0.457 e. The van der Waals surface area contributed by atoms with Crippen LogP contribution in [0.15, 0.2) is 48.6 Å². The number of carbonyl (C=O) groups is 1. The lowest BCUT2D eigenvalue weighted by molar-refractivity contribution is -0.154. The number of hydrogen-bond acceptors (Lipinski definition) is 4. The highest BCUT2D eigenvalue weighted by Crippen LogP contribution is 2.11. The molecule has 0 saturated heterocycles. The van der Waals surface area contributed by atoms with E-state index in [4.69, 9.17) is 9.47 Å². The van der Waals surface area contributed by atoms with Crippen molar-refractivity contribution in [2.45, 2.75) is 155 Å². The van der Waals surface area contributed by atoms with Gasteiger partial charge in [0.2, 0.25) is 0 Å². The van der Waals surface area contributed by atoms with Crippen molar-refractivity contribution in [1.29, 1.82) is 0 Å². The summed E-state index contributed by atoms with van der Waals surface area (Å²) in [5.74, 6) is -0.218. The van der Waals surface area contributed by atoms with Gasteiger partial charge < -0.3 is 14.6 Å². The molecular weight excluding hydrogens is 496 g/mol. The minimum atomic E-state index is -0.538. The van der Waals surface area contributed by atoms with Gasteiger partial charge in [0.15, 0.2) is 0 Å². The Labute approximate surface area is 248 Å². The van der Waals surface area contributed by atoms with E-state index in [0.717, 1.165) is 57.8 Å². The van der Waals surface area contributed by atoms with Gasteiger partial charge in [0.1, 0.15) is 6.10 Å². The molecule has 0 aromatic rings. The van der Waals surface area contributed by atoms with Crippen LogP contribution < -0.4 is 0 Å². The highest BCUT2D eigenvalue weighted by atomic mass is 16.6. The van der Waals surface area contributed by atoms with Gasteiger partial charge in [-0.2, -0.15) is 0 Å². The molecule has 0 aliphatic heterocycles. The van der Waals surface area contributed by atoms with Crippen LogP contribution in [0.1, 0.15) is 149 Å². The molecule has 0 rings (SSSR count). The van der Waals surface area contributed by atoms with E-state index in [2.05, 4.69) is 62.5 Å². The molecular formula is C36H64O4. The lowest BCUT2D eigenvalue weighted by atomic mass is 10.1. The Bertz CT molecular complexity index is 635. The van der Waals surface area contributed by atoms with Crippen molar-refractivity contribution in [3.05, 3.63) is 48.6 Å². The summed E-state index contributed by atoms with van der Waals surface area (Å²) in [5.41, 5.74) is 0. The van der Waals surface area contributed by atoms with Crippen molar-refractivity contribution < 1.29 is 19.4 Å². The molecule has 0 aromatic heterocycles. The molecule has 1 N–H and O–H groups in total. The van der Waals surface area contributed by atoms with Gasteiger partial charge in [-0.25, -0.2) is 0 Å². The Morgan fingerprint density at radius 2 is 1.12 bits per heavy atom. The smallest absolute Gasteiger partial charge is 0.306 e. The van der Waals surface area contributed by atoms with Crippen molar-refractivity contribution in [1.82, 2.24) is 0 Å². The normalized spacial score (nSPS) is 13.0. The van der Waals surface area contributed by atoms with Gasteiger partial charge in [0.05, 0.1) is 13.2 Å². The van der Waals surface area contributed by atoms with Crippen LogP contribution in [0.3, 0.4) is 0 Å². The summed E-state index contributed by atoms with van der Waals surface area (Å²) < 4.78 is 11.0. The van der Waals surface area contributed by atoms with Crippen molar-refractivity contribution in [2.75, 3.05) is 19.8 Å². The molecule has 0 bridgehead atoms. The first kappa shape index (κ1) is 38.4. The summed E-state index contributed by atoms with van der Waals surface area (Å²) in [5, 5.41) is 9.50. The zero-order valence-electron chi connectivity index (χ0n) is 26.3. The number of hydrogen-bond donors (Lipinski definition) is 1. The molecule has 40 heavy (non-hydrogen) atoms. The first-order valence-corrected chi connectivity index (χ1v) is 16.7. The van der Waals surface area contributed by atoms with Gasteiger partial charge >= 0.3 is 5.97 Å². The molecule has 0 amide bonds. The summed E-state index contributed by atoms with van der Waals surface area (Å²) in [4.78, 5) is 12.1. The molecule has 0 saturated carbocycles. The Morgan fingerprint density at radius 3 is 1.70 bits per heavy atom. The fourth-order valence-electron chi connectivity index (χ4n) is 4.43. The van der Waals surface area contributed by atoms with E-state index >= 15 is 0 Å². The zero-order valence-corrected chi connectivity index (χ0v) is 26.3. The Balaban J connectivity index is 3.51. The summed E-state index contributed by atoms with van der Waals surface area (Å²) in [6, 6.07) is 0. The number of aliphatic hydroxyl groups excluding tert-OH is 1. The molecule has 4 nitrogen and oxygen atoms in total. The van der Waals surface area contributed by atoms with E-state index in [-0.39, 0.29) is 12.6 Å². The summed E-state index contributed by atoms with van der Waals surface area (Å²) in [6.45, 7) is 5.19. The van der Waals surface area contributed by atoms with E-state index in [1.165, 1.54) is 70.6 Å². The summed E-state index contributed by atoms with van der Waals surface area (Å²) in [7, 11) is 0. The average Bonchev–Trinajstić information content (AvgIpc) is 2.96.